The van der Waals surface area contributed by atoms with Crippen LogP contribution in [0.4, 0.5) is 0 Å². The van der Waals surface area contributed by atoms with Gasteiger partial charge in [0, 0.05) is 32.2 Å². The van der Waals surface area contributed by atoms with Gasteiger partial charge < -0.3 is 9.64 Å². The predicted molar refractivity (Wildman–Crippen MR) is 71.7 cm³/mol. The van der Waals surface area contributed by atoms with Crippen LogP contribution in [0.15, 0.2) is 0 Å². The normalized spacial score (nSPS) is 20.2. The fraction of sp³-hybridized carbons (Fsp3) is 1.00. The van der Waals surface area contributed by atoms with Crippen molar-refractivity contribution in [1.29, 1.82) is 0 Å². The summed E-state index contributed by atoms with van der Waals surface area (Å²) in [5.74, 6) is 0. The van der Waals surface area contributed by atoms with Crippen molar-refractivity contribution < 1.29 is 13.2 Å². The lowest BCUT2D eigenvalue weighted by molar-refractivity contribution is 0.0724. The maximum atomic E-state index is 11.9. The van der Waals surface area contributed by atoms with Crippen molar-refractivity contribution in [2.24, 2.45) is 0 Å². The zero-order chi connectivity index (χ0) is 13.6. The molecule has 1 aliphatic heterocycles. The molecule has 0 aromatic carbocycles. The molecule has 18 heavy (non-hydrogen) atoms. The molecule has 0 aromatic heterocycles. The lowest BCUT2D eigenvalue weighted by atomic mass is 10.2. The fourth-order valence-corrected chi connectivity index (χ4v) is 2.92. The van der Waals surface area contributed by atoms with E-state index in [0.29, 0.717) is 38.9 Å². The maximum Gasteiger partial charge on any atom is 0.279 e. The first-order valence-corrected chi connectivity index (χ1v) is 7.94. The minimum atomic E-state index is -3.33. The van der Waals surface area contributed by atoms with Crippen LogP contribution in [0.5, 0.6) is 0 Å². The molecule has 0 saturated carbocycles. The molecule has 1 rings (SSSR count). The van der Waals surface area contributed by atoms with Crippen LogP contribution in [0.2, 0.25) is 0 Å². The molecule has 0 aliphatic carbocycles. The van der Waals surface area contributed by atoms with Gasteiger partial charge in [-0.3, -0.25) is 0 Å². The van der Waals surface area contributed by atoms with Crippen molar-refractivity contribution >= 4 is 10.2 Å². The van der Waals surface area contributed by atoms with Crippen molar-refractivity contribution in [3.63, 3.8) is 0 Å². The Morgan fingerprint density at radius 2 is 2.00 bits per heavy atom. The quantitative estimate of drug-likeness (QED) is 0.706. The monoisotopic (exact) mass is 279 g/mol. The summed E-state index contributed by atoms with van der Waals surface area (Å²) in [6, 6.07) is 0.470. The van der Waals surface area contributed by atoms with Crippen LogP contribution in [0.1, 0.15) is 20.3 Å². The van der Waals surface area contributed by atoms with Crippen LogP contribution in [0.25, 0.3) is 0 Å². The first-order chi connectivity index (χ1) is 8.47. The number of ether oxygens (including phenoxy) is 1. The first kappa shape index (κ1) is 15.8. The molecule has 0 unspecified atom stereocenters. The van der Waals surface area contributed by atoms with Crippen molar-refractivity contribution in [3.05, 3.63) is 0 Å². The molecule has 6 nitrogen and oxygen atoms in total. The van der Waals surface area contributed by atoms with Gasteiger partial charge >= 0.3 is 0 Å². The fourth-order valence-electron chi connectivity index (χ4n) is 1.76. The Hall–Kier alpha value is -0.210. The van der Waals surface area contributed by atoms with Crippen LogP contribution < -0.4 is 4.72 Å². The van der Waals surface area contributed by atoms with Crippen molar-refractivity contribution in [2.75, 3.05) is 46.4 Å². The smallest absolute Gasteiger partial charge is 0.279 e. The summed E-state index contributed by atoms with van der Waals surface area (Å²) in [4.78, 5) is 2.15. The average Bonchev–Trinajstić information content (AvgIpc) is 2.38. The van der Waals surface area contributed by atoms with Crippen LogP contribution in [-0.4, -0.2) is 70.1 Å². The molecule has 1 saturated heterocycles. The van der Waals surface area contributed by atoms with E-state index in [2.05, 4.69) is 23.5 Å². The molecule has 1 aliphatic rings. The van der Waals surface area contributed by atoms with E-state index >= 15 is 0 Å². The van der Waals surface area contributed by atoms with Gasteiger partial charge in [-0.25, -0.2) is 4.72 Å². The molecule has 1 N–H and O–H groups in total. The average molecular weight is 279 g/mol. The zero-order valence-electron chi connectivity index (χ0n) is 11.6. The van der Waals surface area contributed by atoms with Gasteiger partial charge in [0.15, 0.2) is 0 Å². The number of nitrogens with zero attached hydrogens (tertiary/aromatic N) is 2. The second kappa shape index (κ2) is 7.40. The Kier molecular flexibility index (Phi) is 6.51. The van der Waals surface area contributed by atoms with E-state index in [1.54, 1.807) is 0 Å². The molecule has 108 valence electrons. The third-order valence-electron chi connectivity index (χ3n) is 3.40. The molecule has 1 heterocycles. The summed E-state index contributed by atoms with van der Waals surface area (Å²) < 4.78 is 33.1. The summed E-state index contributed by atoms with van der Waals surface area (Å²) in [6.45, 7) is 7.27. The number of nitrogens with one attached hydrogen (secondary N) is 1. The highest BCUT2D eigenvalue weighted by atomic mass is 32.2. The Morgan fingerprint density at radius 1 is 1.39 bits per heavy atom. The summed E-state index contributed by atoms with van der Waals surface area (Å²) in [7, 11) is -1.32. The van der Waals surface area contributed by atoms with Gasteiger partial charge in [-0.2, -0.15) is 12.7 Å². The largest absolute Gasteiger partial charge is 0.379 e. The topological polar surface area (TPSA) is 61.9 Å². The summed E-state index contributed by atoms with van der Waals surface area (Å²) in [6.07, 6.45) is 1.06. The summed E-state index contributed by atoms with van der Waals surface area (Å²) >= 11 is 0. The van der Waals surface area contributed by atoms with Gasteiger partial charge in [-0.15, -0.1) is 0 Å². The van der Waals surface area contributed by atoms with Gasteiger partial charge in [-0.1, -0.05) is 6.92 Å². The van der Waals surface area contributed by atoms with E-state index in [-0.39, 0.29) is 0 Å². The van der Waals surface area contributed by atoms with Gasteiger partial charge in [0.1, 0.15) is 0 Å². The number of morpholine rings is 1. The number of rotatable bonds is 7. The Labute approximate surface area is 110 Å². The van der Waals surface area contributed by atoms with Gasteiger partial charge in [0.05, 0.1) is 13.2 Å². The number of likely N-dealkylation sites (N-methyl/N-ethyl adjacent to an activating group) is 1. The Balaban J connectivity index is 2.33. The van der Waals surface area contributed by atoms with Gasteiger partial charge in [0.25, 0.3) is 10.2 Å². The third-order valence-corrected chi connectivity index (χ3v) is 5.02. The number of hydrogen-bond acceptors (Lipinski definition) is 4. The van der Waals surface area contributed by atoms with Crippen LogP contribution in [0.3, 0.4) is 0 Å². The Bertz CT molecular complexity index is 328. The van der Waals surface area contributed by atoms with Crippen LogP contribution in [-0.2, 0) is 14.9 Å². The SMILES string of the molecule is CC[C@H](C)N(C)CCNS(=O)(=O)N1CCOCC1. The van der Waals surface area contributed by atoms with Crippen LogP contribution in [0, 0.1) is 0 Å². The molecular weight excluding hydrogens is 254 g/mol. The summed E-state index contributed by atoms with van der Waals surface area (Å²) in [5.41, 5.74) is 0. The van der Waals surface area contributed by atoms with Crippen molar-refractivity contribution in [2.45, 2.75) is 26.3 Å². The van der Waals surface area contributed by atoms with Gasteiger partial charge in [-0.05, 0) is 20.4 Å². The summed E-state index contributed by atoms with van der Waals surface area (Å²) in [5, 5.41) is 0. The standard InChI is InChI=1S/C11H25N3O3S/c1-4-11(2)13(3)6-5-12-18(15,16)14-7-9-17-10-8-14/h11-12H,4-10H2,1-3H3/t11-/m0/s1. The lowest BCUT2D eigenvalue weighted by Gasteiger charge is -2.27. The number of hydrogen-bond donors (Lipinski definition) is 1. The third kappa shape index (κ3) is 4.81. The van der Waals surface area contributed by atoms with E-state index in [9.17, 15) is 8.42 Å². The lowest BCUT2D eigenvalue weighted by Crippen LogP contribution is -2.48. The molecule has 1 fully saturated rings. The van der Waals surface area contributed by atoms with E-state index in [1.807, 2.05) is 7.05 Å². The van der Waals surface area contributed by atoms with Gasteiger partial charge in [0.2, 0.25) is 0 Å². The molecule has 0 radical (unpaired) electrons. The highest BCUT2D eigenvalue weighted by Crippen LogP contribution is 2.03. The first-order valence-electron chi connectivity index (χ1n) is 6.50. The van der Waals surface area contributed by atoms with E-state index in [1.165, 1.54) is 4.31 Å². The van der Waals surface area contributed by atoms with Crippen molar-refractivity contribution in [1.82, 2.24) is 13.9 Å². The zero-order valence-corrected chi connectivity index (χ0v) is 12.4. The minimum absolute atomic E-state index is 0.441. The second-order valence-electron chi connectivity index (χ2n) is 4.65. The molecule has 7 heteroatoms. The van der Waals surface area contributed by atoms with E-state index in [0.717, 1.165) is 13.0 Å². The molecule has 0 spiro atoms. The molecular formula is C11H25N3O3S. The maximum absolute atomic E-state index is 11.9. The highest BCUT2D eigenvalue weighted by Gasteiger charge is 2.23. The van der Waals surface area contributed by atoms with Crippen LogP contribution >= 0.6 is 0 Å². The molecule has 0 aromatic rings. The van der Waals surface area contributed by atoms with E-state index < -0.39 is 10.2 Å². The highest BCUT2D eigenvalue weighted by molar-refractivity contribution is 7.87. The molecule has 0 bridgehead atoms. The Morgan fingerprint density at radius 3 is 2.56 bits per heavy atom. The second-order valence-corrected chi connectivity index (χ2v) is 6.40. The van der Waals surface area contributed by atoms with E-state index in [4.69, 9.17) is 4.74 Å². The van der Waals surface area contributed by atoms with Crippen molar-refractivity contribution in [3.8, 4) is 0 Å². The predicted octanol–water partition coefficient (Wildman–Crippen LogP) is -0.117. The minimum Gasteiger partial charge on any atom is -0.379 e. The molecule has 0 amide bonds. The molecule has 1 atom stereocenters.